The number of pyridine rings is 5. The molecule has 7 rings (SSSR count). The quantitative estimate of drug-likeness (QED) is 0.0331. The number of imidazole rings is 1. The van der Waals surface area contributed by atoms with E-state index >= 15 is 0 Å². The number of aromatic nitrogens is 7. The van der Waals surface area contributed by atoms with Crippen molar-refractivity contribution in [2.24, 2.45) is 4.99 Å². The molecular weight excluding hydrogens is 1030 g/mol. The minimum absolute atomic E-state index is 0. The van der Waals surface area contributed by atoms with E-state index in [9.17, 15) is 14.4 Å². The number of thioether (sulfide) groups is 1. The molecule has 68 heavy (non-hydrogen) atoms. The molecule has 2 amide bonds. The maximum absolute atomic E-state index is 12.1. The molecule has 0 fully saturated rings. The van der Waals surface area contributed by atoms with Crippen LogP contribution in [-0.4, -0.2) is 117 Å². The van der Waals surface area contributed by atoms with Gasteiger partial charge in [-0.25, -0.2) is 15.0 Å². The van der Waals surface area contributed by atoms with Gasteiger partial charge in [0.15, 0.2) is 22.0 Å². The van der Waals surface area contributed by atoms with Crippen molar-refractivity contribution in [3.63, 3.8) is 0 Å². The number of nitrogens with zero attached hydrogens (tertiary/aromatic N) is 6. The number of carbonyl (C=O) groups is 3. The summed E-state index contributed by atoms with van der Waals surface area (Å²) in [6.07, 6.45) is 3.94. The third-order valence-electron chi connectivity index (χ3n) is 7.76. The highest BCUT2D eigenvalue weighted by atomic mass is 35.5. The maximum Gasteiger partial charge on any atom is 0.258 e. The van der Waals surface area contributed by atoms with Gasteiger partial charge in [0.25, 0.3) is 17.6 Å². The molecule has 0 atom stereocenters. The van der Waals surface area contributed by atoms with Crippen LogP contribution in [0.4, 0.5) is 23.1 Å². The molecule has 6 N–H and O–H groups in total. The van der Waals surface area contributed by atoms with E-state index in [2.05, 4.69) is 50.5 Å². The van der Waals surface area contributed by atoms with E-state index in [4.69, 9.17) is 104 Å². The van der Waals surface area contributed by atoms with Gasteiger partial charge < -0.3 is 54.8 Å². The number of methoxy groups -OCH3 is 6. The minimum Gasteiger partial charge on any atom is -0.491 e. The molecular formula is C41H46Cl5N11O9S2. The molecule has 7 heterocycles. The summed E-state index contributed by atoms with van der Waals surface area (Å²) in [6.45, 7) is 0. The Balaban J connectivity index is 0.000000317. The molecule has 6 aromatic heterocycles. The summed E-state index contributed by atoms with van der Waals surface area (Å²) in [5.74, 6) is 3.32. The number of alkyl halides is 2. The highest BCUT2D eigenvalue weighted by Crippen LogP contribution is 2.32. The van der Waals surface area contributed by atoms with Gasteiger partial charge in [-0.1, -0.05) is 30.6 Å². The first-order valence-electron chi connectivity index (χ1n) is 18.6. The fraction of sp³-hybridized carbons (Fsp3) is 0.268. The molecule has 20 nitrogen and oxygen atoms in total. The first-order chi connectivity index (χ1) is 32.1. The van der Waals surface area contributed by atoms with Crippen molar-refractivity contribution in [3.05, 3.63) is 81.6 Å². The maximum atomic E-state index is 12.1. The molecule has 0 saturated carbocycles. The van der Waals surface area contributed by atoms with Crippen LogP contribution in [0, 0.1) is 4.77 Å². The zero-order valence-corrected chi connectivity index (χ0v) is 41.7. The van der Waals surface area contributed by atoms with E-state index in [1.165, 1.54) is 47.3 Å². The van der Waals surface area contributed by atoms with E-state index in [0.717, 1.165) is 27.3 Å². The number of amides is 2. The minimum atomic E-state index is -0.508. The van der Waals surface area contributed by atoms with Crippen LogP contribution < -0.4 is 44.8 Å². The summed E-state index contributed by atoms with van der Waals surface area (Å²) in [6, 6.07) is 13.5. The fourth-order valence-electron chi connectivity index (χ4n) is 4.88. The van der Waals surface area contributed by atoms with Crippen molar-refractivity contribution in [2.75, 3.05) is 76.5 Å². The summed E-state index contributed by atoms with van der Waals surface area (Å²) in [4.78, 5) is 62.8. The van der Waals surface area contributed by atoms with Gasteiger partial charge in [-0.3, -0.25) is 14.4 Å². The van der Waals surface area contributed by atoms with Crippen molar-refractivity contribution in [1.29, 1.82) is 0 Å². The van der Waals surface area contributed by atoms with Crippen molar-refractivity contribution >= 4 is 138 Å². The predicted molar refractivity (Wildman–Crippen MR) is 272 cm³/mol. The van der Waals surface area contributed by atoms with Gasteiger partial charge >= 0.3 is 0 Å². The Morgan fingerprint density at radius 3 is 1.71 bits per heavy atom. The molecule has 366 valence electrons. The van der Waals surface area contributed by atoms with E-state index in [0.29, 0.717) is 73.8 Å². The Morgan fingerprint density at radius 1 is 0.706 bits per heavy atom. The number of nitrogens with one attached hydrogen (secondary N) is 4. The molecule has 6 aromatic rings. The topological polar surface area (TPSA) is 265 Å². The molecule has 0 saturated heterocycles. The average Bonchev–Trinajstić information content (AvgIpc) is 3.92. The number of anilines is 3. The smallest absolute Gasteiger partial charge is 0.258 e. The van der Waals surface area contributed by atoms with E-state index in [-0.39, 0.29) is 36.8 Å². The standard InChI is InChI=1S/C16H15ClN4O3S.C9H11ClN2O3.C7H10N2O2.C6H4ClN3S.C2H2Cl2O.CH4/c1-23-11-3-4-13(21-16(11)24-2)20-14(22)8-25-15-6-9-5-12(17)18-7-10(9)19-15;1-14-6-3-4-7(11-8(13)5-10)12-9(6)15-2;1-10-5-3-4-6(8)9-7(5)11-2;7-5-1-3-4(2-8-5)10-6(11)9-3;3-1-2(4)5;/h3-5,7H,6,8H2,1-2H3,(H,20,21,22);3-4H,5H2,1-2H3,(H,11,12,13);3-4H,1-2H3,(H2,8,9);1-2H,(H2,9,10,11);1H2;1H4. The molecule has 0 bridgehead atoms. The number of nitrogen functional groups attached to an aromatic ring is 1. The van der Waals surface area contributed by atoms with Crippen molar-refractivity contribution < 1.29 is 42.8 Å². The van der Waals surface area contributed by atoms with Gasteiger partial charge in [0, 0.05) is 12.5 Å². The number of ether oxygens (including phenoxy) is 6. The molecule has 0 aliphatic carbocycles. The SMILES string of the molecule is C.COc1ccc(N)nc1OC.COc1ccc(NC(=O)CCl)nc1OC.COc1ccc(NC(=O)CSC2=Nc3cnc(Cl)cc3C2)nc1OC.O=C(Cl)CCl.S=c1[nH]c2cnc(Cl)cc2[nH]1. The summed E-state index contributed by atoms with van der Waals surface area (Å²) in [5.41, 5.74) is 8.99. The zero-order chi connectivity index (χ0) is 49.5. The van der Waals surface area contributed by atoms with Gasteiger partial charge in [0.1, 0.15) is 33.6 Å². The van der Waals surface area contributed by atoms with Crippen LogP contribution in [0.1, 0.15) is 13.0 Å². The number of hydrogen-bond donors (Lipinski definition) is 5. The van der Waals surface area contributed by atoms with Crippen LogP contribution in [0.5, 0.6) is 34.9 Å². The Morgan fingerprint density at radius 2 is 1.19 bits per heavy atom. The third kappa shape index (κ3) is 19.4. The number of rotatable bonds is 12. The lowest BCUT2D eigenvalue weighted by Crippen LogP contribution is -2.16. The van der Waals surface area contributed by atoms with Crippen LogP contribution in [0.15, 0.2) is 65.9 Å². The molecule has 0 spiro atoms. The van der Waals surface area contributed by atoms with Crippen LogP contribution in [0.3, 0.4) is 0 Å². The Bertz CT molecular complexity index is 2700. The molecule has 0 radical (unpaired) electrons. The van der Waals surface area contributed by atoms with Crippen LogP contribution in [0.2, 0.25) is 10.3 Å². The number of halogens is 5. The van der Waals surface area contributed by atoms with Gasteiger partial charge in [-0.15, -0.1) is 35.0 Å². The first-order valence-corrected chi connectivity index (χ1v) is 22.2. The van der Waals surface area contributed by atoms with Crippen LogP contribution in [-0.2, 0) is 20.8 Å². The summed E-state index contributed by atoms with van der Waals surface area (Å²) >= 11 is 32.7. The molecule has 1 aliphatic heterocycles. The predicted octanol–water partition coefficient (Wildman–Crippen LogP) is 8.96. The highest BCUT2D eigenvalue weighted by molar-refractivity contribution is 8.14. The third-order valence-corrected chi connectivity index (χ3v) is 10.1. The Labute approximate surface area is 425 Å². The van der Waals surface area contributed by atoms with Gasteiger partial charge in [0.05, 0.1) is 88.4 Å². The molecule has 0 unspecified atom stereocenters. The Kier molecular flexibility index (Phi) is 26.1. The van der Waals surface area contributed by atoms with Gasteiger partial charge in [-0.05, 0) is 71.8 Å². The lowest BCUT2D eigenvalue weighted by Gasteiger charge is -2.09. The number of hydrogen-bond acceptors (Lipinski definition) is 18. The number of carbonyl (C=O) groups excluding carboxylic acids is 3. The lowest BCUT2D eigenvalue weighted by molar-refractivity contribution is -0.114. The monoisotopic (exact) mass is 1080 g/mol. The molecule has 1 aliphatic rings. The van der Waals surface area contributed by atoms with E-state index in [1.54, 1.807) is 68.0 Å². The molecule has 27 heteroatoms. The van der Waals surface area contributed by atoms with E-state index in [1.807, 2.05) is 0 Å². The number of H-pyrrole nitrogens is 2. The summed E-state index contributed by atoms with van der Waals surface area (Å²) in [7, 11) is 9.06. The second kappa shape index (κ2) is 30.5. The average molecular weight is 1080 g/mol. The zero-order valence-electron chi connectivity index (χ0n) is 36.2. The van der Waals surface area contributed by atoms with Gasteiger partial charge in [-0.2, -0.15) is 15.0 Å². The lowest BCUT2D eigenvalue weighted by atomic mass is 10.2. The number of fused-ring (bicyclic) bond motifs is 2. The van der Waals surface area contributed by atoms with Crippen molar-refractivity contribution in [2.45, 2.75) is 13.8 Å². The second-order valence-corrected chi connectivity index (χ2v) is 15.4. The normalized spacial score (nSPS) is 10.4. The first kappa shape index (κ1) is 58.2. The second-order valence-electron chi connectivity index (χ2n) is 12.2. The van der Waals surface area contributed by atoms with Crippen LogP contribution in [0.25, 0.3) is 11.0 Å². The highest BCUT2D eigenvalue weighted by Gasteiger charge is 2.18. The van der Waals surface area contributed by atoms with Crippen molar-refractivity contribution in [3.8, 4) is 34.9 Å². The molecule has 0 aromatic carbocycles. The fourth-order valence-corrected chi connectivity index (χ4v) is 6.29. The van der Waals surface area contributed by atoms with Crippen molar-refractivity contribution in [1.82, 2.24) is 34.9 Å². The largest absolute Gasteiger partial charge is 0.491 e. The Hall–Kier alpha value is -5.88. The number of aliphatic imine (C=N–C) groups is 1. The number of nitrogens with two attached hydrogens (primary N) is 1. The van der Waals surface area contributed by atoms with Gasteiger partial charge in [0.2, 0.25) is 17.1 Å². The number of aromatic amines is 2. The van der Waals surface area contributed by atoms with E-state index < -0.39 is 5.24 Å². The van der Waals surface area contributed by atoms with Crippen LogP contribution >= 0.6 is 82.0 Å². The summed E-state index contributed by atoms with van der Waals surface area (Å²) < 4.78 is 30.6. The summed E-state index contributed by atoms with van der Waals surface area (Å²) in [5, 5.41) is 6.48.